The van der Waals surface area contributed by atoms with Crippen LogP contribution in [0.25, 0.3) is 16.0 Å². The molecule has 5 aromatic carbocycles. The highest BCUT2D eigenvalue weighted by atomic mass is 35.5. The summed E-state index contributed by atoms with van der Waals surface area (Å²) in [6.45, 7) is 19.4. The number of rotatable bonds is 28. The molecule has 21 nitrogen and oxygen atoms in total. The zero-order chi connectivity index (χ0) is 75.6. The number of halogens is 4. The number of carbonyl (C=O) groups is 5. The molecule has 3 aliphatic heterocycles. The maximum absolute atomic E-state index is 14.6. The van der Waals surface area contributed by atoms with Gasteiger partial charge in [0.05, 0.1) is 58.4 Å². The van der Waals surface area contributed by atoms with E-state index in [-0.39, 0.29) is 68.1 Å². The number of alkyl halides is 3. The number of piperazine rings is 2. The normalized spacial score (nSPS) is 18.7. The van der Waals surface area contributed by atoms with Gasteiger partial charge in [0.2, 0.25) is 23.6 Å². The average Bonchev–Trinajstić information content (AvgIpc) is 0.849. The Morgan fingerprint density at radius 2 is 1.47 bits per heavy atom. The maximum atomic E-state index is 14.6. The van der Waals surface area contributed by atoms with Crippen molar-refractivity contribution in [3.05, 3.63) is 160 Å². The first kappa shape index (κ1) is 80.1. The second-order valence-corrected chi connectivity index (χ2v) is 35.2. The summed E-state index contributed by atoms with van der Waals surface area (Å²) in [7, 11) is -11.1. The fraction of sp³-hybridized carbons (Fsp3) is 0.474. The standard InChI is InChI=1S/C76H94ClF3N10O11S4/c1-50(52-13-15-54(16-14-52)69-51(2)81-49-103-69)82-72(95)65-43-60(91)47-90(65)73(96)70(74(3,4)5)84-67(92)29-41-101-42-30-68(93)89-39-33-86(34-40-89)32-28-58(48-102-61-11-9-8-10-12-61)83-64-26-25-62(44-66(64)104(97,98)76(78,79)80)105(99,100)85-71(94)55-19-23-59(24-20-55)88-37-35-87(36-38-88)46-56-45-75(6,7)31-27-63(56)53-17-21-57(77)22-18-53/h8-26,44,49-50,58,60,65,70,83,91H,27-43,45-48H2,1-7H3,(H,82,95)(H,84,92)(H,85,94)/t50-,58+,60+,65-,70+/m0/s1. The summed E-state index contributed by atoms with van der Waals surface area (Å²) in [6, 6.07) is 30.5. The molecule has 4 heterocycles. The summed E-state index contributed by atoms with van der Waals surface area (Å²) in [5.74, 6) is -2.43. The molecule has 566 valence electrons. The van der Waals surface area contributed by atoms with Gasteiger partial charge in [0.1, 0.15) is 17.0 Å². The fourth-order valence-electron chi connectivity index (χ4n) is 13.7. The number of aliphatic hydroxyl groups excluding tert-OH is 1. The molecule has 0 unspecified atom stereocenters. The summed E-state index contributed by atoms with van der Waals surface area (Å²) in [5.41, 5.74) is 2.40. The topological polar surface area (TPSA) is 260 Å². The van der Waals surface area contributed by atoms with Gasteiger partial charge < -0.3 is 40.5 Å². The number of hydrogen-bond acceptors (Lipinski definition) is 18. The lowest BCUT2D eigenvalue weighted by molar-refractivity contribution is -0.144. The lowest BCUT2D eigenvalue weighted by Crippen LogP contribution is -2.58. The predicted octanol–water partition coefficient (Wildman–Crippen LogP) is 11.2. The highest BCUT2D eigenvalue weighted by Crippen LogP contribution is 2.44. The summed E-state index contributed by atoms with van der Waals surface area (Å²) >= 11 is 9.15. The zero-order valence-corrected chi connectivity index (χ0v) is 64.2. The third kappa shape index (κ3) is 21.1. The summed E-state index contributed by atoms with van der Waals surface area (Å²) < 4.78 is 106. The number of aryl methyl sites for hydroxylation is 1. The molecule has 29 heteroatoms. The summed E-state index contributed by atoms with van der Waals surface area (Å²) in [6.07, 6.45) is 2.31. The van der Waals surface area contributed by atoms with Gasteiger partial charge in [0, 0.05) is 118 Å². The average molecular weight is 1540 g/mol. The van der Waals surface area contributed by atoms with Gasteiger partial charge >= 0.3 is 5.51 Å². The number of β-amino-alcohol motifs (C(OH)–C–C–N with tert-alkyl or cyclic N) is 1. The lowest BCUT2D eigenvalue weighted by Gasteiger charge is -2.39. The number of nitrogens with one attached hydrogen (secondary N) is 4. The van der Waals surface area contributed by atoms with E-state index in [9.17, 15) is 59.1 Å². The Labute approximate surface area is 627 Å². The van der Waals surface area contributed by atoms with Crippen molar-refractivity contribution in [2.75, 3.05) is 101 Å². The summed E-state index contributed by atoms with van der Waals surface area (Å²) in [5, 5.41) is 20.3. The van der Waals surface area contributed by atoms with E-state index in [0.717, 1.165) is 83.3 Å². The van der Waals surface area contributed by atoms with E-state index in [4.69, 9.17) is 16.3 Å². The van der Waals surface area contributed by atoms with Gasteiger partial charge in [-0.3, -0.25) is 33.8 Å². The molecule has 0 saturated carbocycles. The number of benzene rings is 5. The Balaban J connectivity index is 0.690. The number of nitrogens with zero attached hydrogens (tertiary/aromatic N) is 6. The molecule has 5 amide bonds. The van der Waals surface area contributed by atoms with Gasteiger partial charge in [0.15, 0.2) is 0 Å². The Morgan fingerprint density at radius 1 is 0.810 bits per heavy atom. The lowest BCUT2D eigenvalue weighted by atomic mass is 9.73. The van der Waals surface area contributed by atoms with Crippen LogP contribution in [0.4, 0.5) is 24.5 Å². The number of thioether (sulfide) groups is 1. The first-order valence-corrected chi connectivity index (χ1v) is 40.6. The smallest absolute Gasteiger partial charge is 0.391 e. The van der Waals surface area contributed by atoms with Gasteiger partial charge in [0.25, 0.3) is 25.8 Å². The van der Waals surface area contributed by atoms with Crippen molar-refractivity contribution in [2.24, 2.45) is 10.8 Å². The van der Waals surface area contributed by atoms with E-state index in [1.165, 1.54) is 45.5 Å². The number of sulfonamides is 1. The minimum atomic E-state index is -6.19. The molecule has 3 saturated heterocycles. The van der Waals surface area contributed by atoms with Gasteiger partial charge in [-0.25, -0.2) is 26.5 Å². The Kier molecular flexibility index (Phi) is 26.4. The van der Waals surface area contributed by atoms with Crippen LogP contribution in [-0.2, 0) is 43.8 Å². The molecule has 0 spiro atoms. The number of thiazole rings is 1. The second kappa shape index (κ2) is 34.7. The van der Waals surface area contributed by atoms with Crippen LogP contribution in [0.5, 0.6) is 0 Å². The van der Waals surface area contributed by atoms with Crippen LogP contribution in [0.1, 0.15) is 120 Å². The van der Waals surface area contributed by atoms with Gasteiger partial charge in [-0.2, -0.15) is 13.2 Å². The number of amides is 5. The number of carbonyl (C=O) groups excluding carboxylic acids is 5. The molecule has 6 aromatic rings. The molecule has 1 aromatic heterocycles. The van der Waals surface area contributed by atoms with E-state index in [2.05, 4.69) is 61.6 Å². The van der Waals surface area contributed by atoms with Crippen LogP contribution in [0.3, 0.4) is 0 Å². The van der Waals surface area contributed by atoms with Crippen LogP contribution in [-0.4, -0.2) is 197 Å². The molecule has 105 heavy (non-hydrogen) atoms. The largest absolute Gasteiger partial charge is 0.501 e. The molecule has 3 fully saturated rings. The number of sulfone groups is 1. The number of likely N-dealkylation sites (tertiary alicyclic amines) is 1. The maximum Gasteiger partial charge on any atom is 0.501 e. The first-order chi connectivity index (χ1) is 49.7. The third-order valence-electron chi connectivity index (χ3n) is 19.8. The number of anilines is 2. The van der Waals surface area contributed by atoms with Crippen molar-refractivity contribution in [1.29, 1.82) is 0 Å². The summed E-state index contributed by atoms with van der Waals surface area (Å²) in [4.78, 5) is 82.2. The monoisotopic (exact) mass is 1540 g/mol. The van der Waals surface area contributed by atoms with Crippen molar-refractivity contribution in [3.63, 3.8) is 0 Å². The second-order valence-electron chi connectivity index (χ2n) is 29.3. The van der Waals surface area contributed by atoms with Gasteiger partial charge in [-0.05, 0) is 139 Å². The van der Waals surface area contributed by atoms with Gasteiger partial charge in [-0.1, -0.05) is 106 Å². The highest BCUT2D eigenvalue weighted by molar-refractivity contribution is 7.99. The molecule has 5 N–H and O–H groups in total. The van der Waals surface area contributed by atoms with Crippen LogP contribution in [0.15, 0.2) is 147 Å². The SMILES string of the molecule is Cc1ncsc1-c1ccc([C@H](C)NC(=O)[C@@H]2C[C@@H](O)CN2C(=O)[C@@H](NC(=O)CCOCCC(=O)N2CCN(CC[C@H](CSc3ccccc3)Nc3ccc(S(=O)(=O)NC(=O)c4ccc(N5CCN(CC6=C(c7ccc(Cl)cc7)CCC(C)(C)C6)CC5)cc4)cc3S(=O)(=O)C(F)(F)F)CC2)C(C)(C)C)cc1. The number of hydrogen-bond donors (Lipinski definition) is 5. The van der Waals surface area contributed by atoms with Crippen molar-refractivity contribution < 1.29 is 63.8 Å². The number of aliphatic hydroxyl groups is 1. The molecule has 4 aliphatic rings. The number of ether oxygens (including phenoxy) is 1. The molecular weight excluding hydrogens is 1450 g/mol. The van der Waals surface area contributed by atoms with Crippen molar-refractivity contribution in [1.82, 2.24) is 39.9 Å². The molecule has 0 bridgehead atoms. The molecular formula is C76H94ClF3N10O11S4. The Bertz CT molecular complexity index is 4300. The molecule has 10 rings (SSSR count). The highest BCUT2D eigenvalue weighted by Gasteiger charge is 2.49. The van der Waals surface area contributed by atoms with Crippen molar-refractivity contribution in [2.45, 2.75) is 144 Å². The van der Waals surface area contributed by atoms with Crippen LogP contribution < -0.4 is 25.6 Å². The Morgan fingerprint density at radius 3 is 2.11 bits per heavy atom. The number of aromatic nitrogens is 1. The van der Waals surface area contributed by atoms with E-state index in [1.807, 2.05) is 85.3 Å². The fourth-order valence-corrected chi connectivity index (χ4v) is 17.7. The molecule has 5 atom stereocenters. The van der Waals surface area contributed by atoms with E-state index in [0.29, 0.717) is 56.9 Å². The van der Waals surface area contributed by atoms with E-state index >= 15 is 0 Å². The van der Waals surface area contributed by atoms with Crippen molar-refractivity contribution >= 4 is 101 Å². The minimum Gasteiger partial charge on any atom is -0.391 e. The van der Waals surface area contributed by atoms with Crippen LogP contribution >= 0.6 is 34.7 Å². The van der Waals surface area contributed by atoms with Gasteiger partial charge in [-0.15, -0.1) is 23.1 Å². The Hall–Kier alpha value is -7.41. The first-order valence-electron chi connectivity index (χ1n) is 35.4. The van der Waals surface area contributed by atoms with Crippen LogP contribution in [0, 0.1) is 17.8 Å². The molecule has 0 radical (unpaired) electrons. The quantitative estimate of drug-likeness (QED) is 0.0226. The zero-order valence-electron chi connectivity index (χ0n) is 60.2. The number of allylic oxidation sites excluding steroid dienone is 1. The van der Waals surface area contributed by atoms with Crippen LogP contribution in [0.2, 0.25) is 5.02 Å². The third-order valence-corrected chi connectivity index (χ3v) is 25.1. The van der Waals surface area contributed by atoms with E-state index in [1.54, 1.807) is 54.7 Å². The molecule has 1 aliphatic carbocycles. The van der Waals surface area contributed by atoms with E-state index < -0.39 is 100 Å². The van der Waals surface area contributed by atoms with Crippen molar-refractivity contribution in [3.8, 4) is 10.4 Å². The minimum absolute atomic E-state index is 0.00560. The predicted molar refractivity (Wildman–Crippen MR) is 404 cm³/mol.